The van der Waals surface area contributed by atoms with Crippen molar-refractivity contribution < 1.29 is 34.2 Å². The molecule has 0 radical (unpaired) electrons. The summed E-state index contributed by atoms with van der Waals surface area (Å²) in [5, 5.41) is 30.1. The van der Waals surface area contributed by atoms with E-state index in [4.69, 9.17) is 0 Å². The fourth-order valence-corrected chi connectivity index (χ4v) is 5.26. The lowest BCUT2D eigenvalue weighted by Crippen LogP contribution is -2.51. The first-order chi connectivity index (χ1) is 22.7. The van der Waals surface area contributed by atoms with E-state index in [2.05, 4.69) is 21.3 Å². The summed E-state index contributed by atoms with van der Waals surface area (Å²) in [6, 6.07) is 25.9. The molecule has 2 atom stereocenters. The number of carbonyl (C=O) groups excluding carboxylic acids is 4. The van der Waals surface area contributed by atoms with Gasteiger partial charge in [0.2, 0.25) is 11.8 Å². The number of carboxylic acids is 1. The molecular weight excluding hydrogens is 602 g/mol. The molecule has 0 fully saturated rings. The number of aliphatic carboxylic acids is 1. The second-order valence-corrected chi connectivity index (χ2v) is 11.0. The Morgan fingerprint density at radius 3 is 2.21 bits per heavy atom. The summed E-state index contributed by atoms with van der Waals surface area (Å²) >= 11 is 0. The minimum Gasteiger partial charge on any atom is -0.508 e. The summed E-state index contributed by atoms with van der Waals surface area (Å²) in [4.78, 5) is 66.6. The molecular formula is C35H33N5O7. The van der Waals surface area contributed by atoms with Crippen LogP contribution in [-0.2, 0) is 27.3 Å². The van der Waals surface area contributed by atoms with Gasteiger partial charge in [-0.2, -0.15) is 0 Å². The first-order valence-corrected chi connectivity index (χ1v) is 14.8. The van der Waals surface area contributed by atoms with Crippen molar-refractivity contribution in [3.63, 3.8) is 0 Å². The van der Waals surface area contributed by atoms with Crippen molar-refractivity contribution in [2.45, 2.75) is 31.5 Å². The molecule has 1 aliphatic rings. The van der Waals surface area contributed by atoms with Gasteiger partial charge in [-0.05, 0) is 47.0 Å². The zero-order valence-corrected chi connectivity index (χ0v) is 25.2. The predicted octanol–water partition coefficient (Wildman–Crippen LogP) is 4.05. The number of fused-ring (bicyclic) bond motifs is 1. The second kappa shape index (κ2) is 14.7. The Balaban J connectivity index is 1.40. The molecule has 0 bridgehead atoms. The average Bonchev–Trinajstić information content (AvgIpc) is 3.15. The smallest absolute Gasteiger partial charge is 0.319 e. The van der Waals surface area contributed by atoms with Gasteiger partial charge in [0.1, 0.15) is 18.3 Å². The number of rotatable bonds is 11. The summed E-state index contributed by atoms with van der Waals surface area (Å²) in [6.45, 7) is -0.285. The van der Waals surface area contributed by atoms with E-state index in [1.165, 1.54) is 24.3 Å². The third-order valence-corrected chi connectivity index (χ3v) is 7.60. The van der Waals surface area contributed by atoms with Crippen molar-refractivity contribution in [3.05, 3.63) is 125 Å². The van der Waals surface area contributed by atoms with Gasteiger partial charge in [0.25, 0.3) is 5.91 Å². The lowest BCUT2D eigenvalue weighted by molar-refractivity contribution is -0.137. The lowest BCUT2D eigenvalue weighted by atomic mass is 10.0. The summed E-state index contributed by atoms with van der Waals surface area (Å²) in [7, 11) is 0. The quantitative estimate of drug-likeness (QED) is 0.144. The lowest BCUT2D eigenvalue weighted by Gasteiger charge is -2.29. The monoisotopic (exact) mass is 635 g/mol. The normalized spacial score (nSPS) is 14.6. The maximum atomic E-state index is 14.1. The first kappa shape index (κ1) is 32.2. The number of amides is 5. The van der Waals surface area contributed by atoms with Crippen molar-refractivity contribution >= 4 is 41.1 Å². The highest BCUT2D eigenvalue weighted by molar-refractivity contribution is 6.11. The van der Waals surface area contributed by atoms with Gasteiger partial charge >= 0.3 is 12.0 Å². The number of nitrogens with one attached hydrogen (secondary N) is 4. The Hall–Kier alpha value is -6.17. The molecule has 0 spiro atoms. The number of urea groups is 1. The van der Waals surface area contributed by atoms with Crippen LogP contribution in [0.15, 0.2) is 103 Å². The minimum atomic E-state index is -1.15. The summed E-state index contributed by atoms with van der Waals surface area (Å²) in [5.74, 6) is -2.98. The maximum Gasteiger partial charge on any atom is 0.319 e. The van der Waals surface area contributed by atoms with Crippen LogP contribution in [-0.4, -0.2) is 57.4 Å². The highest BCUT2D eigenvalue weighted by atomic mass is 16.4. The number of phenols is 1. The molecule has 47 heavy (non-hydrogen) atoms. The van der Waals surface area contributed by atoms with Crippen LogP contribution >= 0.6 is 0 Å². The van der Waals surface area contributed by atoms with Crippen molar-refractivity contribution in [3.8, 4) is 5.75 Å². The largest absolute Gasteiger partial charge is 0.508 e. The van der Waals surface area contributed by atoms with E-state index < -0.39 is 54.8 Å². The van der Waals surface area contributed by atoms with E-state index in [0.717, 1.165) is 10.5 Å². The Labute approximate surface area is 270 Å². The highest BCUT2D eigenvalue weighted by Crippen LogP contribution is 2.28. The van der Waals surface area contributed by atoms with Gasteiger partial charge in [-0.1, -0.05) is 72.8 Å². The number of phenolic OH excluding ortho intramolecular Hbond substituents is 1. The standard InChI is InChI=1S/C35H33N5O7/c41-26-14-11-22(12-15-26)17-30-33(45)39-28-16-13-25(37-35(47)36-20-23-7-3-1-4-8-23)18-27(28)34(46)40(30)21-31(42)38-29(19-32(43)44)24-9-5-2-6-10-24/h1-16,18,29-30,41H,17,19-21H2,(H,38,42)(H,39,45)(H,43,44)(H2,36,37,47)/t29?,30-/m0/s1. The van der Waals surface area contributed by atoms with Gasteiger partial charge in [0.05, 0.1) is 23.7 Å². The molecule has 0 aromatic heterocycles. The molecule has 1 unspecified atom stereocenters. The van der Waals surface area contributed by atoms with Gasteiger partial charge in [-0.3, -0.25) is 19.2 Å². The summed E-state index contributed by atoms with van der Waals surface area (Å²) in [5.41, 5.74) is 2.61. The average molecular weight is 636 g/mol. The number of carboxylic acid groups (broad SMARTS) is 1. The van der Waals surface area contributed by atoms with Crippen LogP contribution in [0.2, 0.25) is 0 Å². The number of hydrogen-bond donors (Lipinski definition) is 6. The second-order valence-electron chi connectivity index (χ2n) is 11.0. The number of aromatic hydroxyl groups is 1. The molecule has 0 saturated heterocycles. The molecule has 240 valence electrons. The van der Waals surface area contributed by atoms with E-state index in [1.54, 1.807) is 48.5 Å². The summed E-state index contributed by atoms with van der Waals surface area (Å²) < 4.78 is 0. The Kier molecular flexibility index (Phi) is 10.1. The van der Waals surface area contributed by atoms with Crippen LogP contribution < -0.4 is 21.3 Å². The van der Waals surface area contributed by atoms with Crippen molar-refractivity contribution in [1.82, 2.24) is 15.5 Å². The molecule has 1 aliphatic heterocycles. The van der Waals surface area contributed by atoms with E-state index in [-0.39, 0.29) is 35.7 Å². The first-order valence-electron chi connectivity index (χ1n) is 14.8. The predicted molar refractivity (Wildman–Crippen MR) is 174 cm³/mol. The molecule has 4 aromatic carbocycles. The Morgan fingerprint density at radius 1 is 0.851 bits per heavy atom. The van der Waals surface area contributed by atoms with Gasteiger partial charge in [0, 0.05) is 18.7 Å². The molecule has 5 amide bonds. The fourth-order valence-electron chi connectivity index (χ4n) is 5.26. The van der Waals surface area contributed by atoms with Crippen LogP contribution in [0.4, 0.5) is 16.2 Å². The SMILES string of the molecule is O=C(O)CC(NC(=O)CN1C(=O)c2cc(NC(=O)NCc3ccccc3)ccc2NC(=O)[C@@H]1Cc1ccc(O)cc1)c1ccccc1. The van der Waals surface area contributed by atoms with E-state index in [9.17, 15) is 34.2 Å². The molecule has 4 aromatic rings. The third kappa shape index (κ3) is 8.51. The van der Waals surface area contributed by atoms with Crippen LogP contribution in [0, 0.1) is 0 Å². The number of carbonyl (C=O) groups is 5. The number of nitrogens with zero attached hydrogens (tertiary/aromatic N) is 1. The summed E-state index contributed by atoms with van der Waals surface area (Å²) in [6.07, 6.45) is -0.380. The van der Waals surface area contributed by atoms with Gasteiger partial charge in [-0.25, -0.2) is 4.79 Å². The van der Waals surface area contributed by atoms with Gasteiger partial charge in [-0.15, -0.1) is 0 Å². The van der Waals surface area contributed by atoms with E-state index >= 15 is 0 Å². The molecule has 0 aliphatic carbocycles. The third-order valence-electron chi connectivity index (χ3n) is 7.60. The van der Waals surface area contributed by atoms with Crippen LogP contribution in [0.5, 0.6) is 5.75 Å². The van der Waals surface area contributed by atoms with E-state index in [0.29, 0.717) is 11.1 Å². The van der Waals surface area contributed by atoms with Crippen LogP contribution in [0.25, 0.3) is 0 Å². The van der Waals surface area contributed by atoms with Gasteiger partial charge in [0.15, 0.2) is 0 Å². The topological polar surface area (TPSA) is 177 Å². The Morgan fingerprint density at radius 2 is 1.53 bits per heavy atom. The minimum absolute atomic E-state index is 0.0172. The van der Waals surface area contributed by atoms with Crippen molar-refractivity contribution in [2.24, 2.45) is 0 Å². The van der Waals surface area contributed by atoms with Crippen LogP contribution in [0.1, 0.15) is 39.5 Å². The number of hydrogen-bond acceptors (Lipinski definition) is 6. The highest BCUT2D eigenvalue weighted by Gasteiger charge is 2.37. The number of benzene rings is 4. The van der Waals surface area contributed by atoms with E-state index in [1.807, 2.05) is 30.3 Å². The molecule has 0 saturated carbocycles. The molecule has 12 nitrogen and oxygen atoms in total. The fraction of sp³-hybridized carbons (Fsp3) is 0.171. The Bertz CT molecular complexity index is 1760. The molecule has 12 heteroatoms. The zero-order valence-electron chi connectivity index (χ0n) is 25.2. The maximum absolute atomic E-state index is 14.1. The molecule has 6 N–H and O–H groups in total. The number of anilines is 2. The zero-order chi connectivity index (χ0) is 33.3. The van der Waals surface area contributed by atoms with Crippen molar-refractivity contribution in [2.75, 3.05) is 17.2 Å². The molecule has 1 heterocycles. The molecule has 5 rings (SSSR count). The van der Waals surface area contributed by atoms with Crippen LogP contribution in [0.3, 0.4) is 0 Å². The van der Waals surface area contributed by atoms with Gasteiger partial charge < -0.3 is 36.4 Å². The van der Waals surface area contributed by atoms with Crippen molar-refractivity contribution in [1.29, 1.82) is 0 Å².